The normalized spacial score (nSPS) is 18.1. The number of carbonyl (C=O) groups excluding carboxylic acids is 1. The monoisotopic (exact) mass is 234 g/mol. The number of ether oxygens (including phenoxy) is 1. The van der Waals surface area contributed by atoms with Crippen LogP contribution < -0.4 is 15.4 Å². The van der Waals surface area contributed by atoms with Crippen LogP contribution in [0.1, 0.15) is 25.5 Å². The molecule has 0 aromatic heterocycles. The van der Waals surface area contributed by atoms with Gasteiger partial charge in [0.2, 0.25) is 5.91 Å². The summed E-state index contributed by atoms with van der Waals surface area (Å²) < 4.78 is 5.18. The smallest absolute Gasteiger partial charge is 0.246 e. The SMILES string of the molecule is COc1ccc2c(c1)C(NCC(C)C)C(=O)N2. The van der Waals surface area contributed by atoms with Crippen LogP contribution in [0.15, 0.2) is 18.2 Å². The molecular formula is C13H18N2O2. The van der Waals surface area contributed by atoms with E-state index in [2.05, 4.69) is 24.5 Å². The fraction of sp³-hybridized carbons (Fsp3) is 0.462. The fourth-order valence-corrected chi connectivity index (χ4v) is 1.92. The summed E-state index contributed by atoms with van der Waals surface area (Å²) in [7, 11) is 1.63. The Hall–Kier alpha value is -1.55. The highest BCUT2D eigenvalue weighted by atomic mass is 16.5. The van der Waals surface area contributed by atoms with Crippen molar-refractivity contribution in [3.63, 3.8) is 0 Å². The van der Waals surface area contributed by atoms with Crippen LogP contribution in [0.3, 0.4) is 0 Å². The largest absolute Gasteiger partial charge is 0.497 e. The van der Waals surface area contributed by atoms with Gasteiger partial charge in [-0.15, -0.1) is 0 Å². The Balaban J connectivity index is 2.22. The van der Waals surface area contributed by atoms with Gasteiger partial charge in [0.1, 0.15) is 11.8 Å². The number of amides is 1. The zero-order chi connectivity index (χ0) is 12.4. The summed E-state index contributed by atoms with van der Waals surface area (Å²) in [5.74, 6) is 1.29. The van der Waals surface area contributed by atoms with Crippen molar-refractivity contribution in [1.29, 1.82) is 0 Å². The minimum Gasteiger partial charge on any atom is -0.497 e. The number of hydrogen-bond acceptors (Lipinski definition) is 3. The number of methoxy groups -OCH3 is 1. The minimum absolute atomic E-state index is 0.00824. The molecule has 0 saturated heterocycles. The lowest BCUT2D eigenvalue weighted by molar-refractivity contribution is -0.117. The van der Waals surface area contributed by atoms with E-state index in [1.807, 2.05) is 18.2 Å². The standard InChI is InChI=1S/C13H18N2O2/c1-8(2)7-14-12-10-6-9(17-3)4-5-11(10)15-13(12)16/h4-6,8,12,14H,7H2,1-3H3,(H,15,16). The van der Waals surface area contributed by atoms with Crippen molar-refractivity contribution in [3.8, 4) is 5.75 Å². The number of nitrogens with one attached hydrogen (secondary N) is 2. The van der Waals surface area contributed by atoms with E-state index in [0.717, 1.165) is 23.5 Å². The quantitative estimate of drug-likeness (QED) is 0.837. The lowest BCUT2D eigenvalue weighted by atomic mass is 10.1. The second kappa shape index (κ2) is 4.75. The van der Waals surface area contributed by atoms with Gasteiger partial charge in [0.05, 0.1) is 7.11 Å². The van der Waals surface area contributed by atoms with E-state index in [4.69, 9.17) is 4.74 Å². The number of fused-ring (bicyclic) bond motifs is 1. The van der Waals surface area contributed by atoms with Crippen LogP contribution in [0, 0.1) is 5.92 Å². The Labute approximate surface area is 101 Å². The molecule has 0 fully saturated rings. The number of rotatable bonds is 4. The third-order valence-corrected chi connectivity index (χ3v) is 2.82. The molecule has 0 bridgehead atoms. The van der Waals surface area contributed by atoms with Gasteiger partial charge >= 0.3 is 0 Å². The molecule has 1 unspecified atom stereocenters. The van der Waals surface area contributed by atoms with Crippen molar-refractivity contribution in [2.24, 2.45) is 5.92 Å². The molecule has 2 rings (SSSR count). The van der Waals surface area contributed by atoms with Crippen molar-refractivity contribution < 1.29 is 9.53 Å². The molecule has 1 aliphatic heterocycles. The van der Waals surface area contributed by atoms with E-state index in [0.29, 0.717) is 5.92 Å². The van der Waals surface area contributed by atoms with Gasteiger partial charge in [-0.25, -0.2) is 0 Å². The van der Waals surface area contributed by atoms with Crippen LogP contribution >= 0.6 is 0 Å². The number of benzene rings is 1. The predicted octanol–water partition coefficient (Wildman–Crippen LogP) is 1.93. The average molecular weight is 234 g/mol. The molecular weight excluding hydrogens is 216 g/mol. The molecule has 17 heavy (non-hydrogen) atoms. The fourth-order valence-electron chi connectivity index (χ4n) is 1.92. The highest BCUT2D eigenvalue weighted by Gasteiger charge is 2.30. The van der Waals surface area contributed by atoms with Gasteiger partial charge in [0.15, 0.2) is 0 Å². The van der Waals surface area contributed by atoms with Crippen molar-refractivity contribution in [1.82, 2.24) is 5.32 Å². The summed E-state index contributed by atoms with van der Waals surface area (Å²) >= 11 is 0. The lowest BCUT2D eigenvalue weighted by Crippen LogP contribution is -2.30. The molecule has 1 heterocycles. The molecule has 4 heteroatoms. The first-order valence-electron chi connectivity index (χ1n) is 5.84. The van der Waals surface area contributed by atoms with E-state index in [9.17, 15) is 4.79 Å². The van der Waals surface area contributed by atoms with Crippen LogP contribution in [0.25, 0.3) is 0 Å². The van der Waals surface area contributed by atoms with Crippen LogP contribution in [-0.4, -0.2) is 19.6 Å². The average Bonchev–Trinajstić information content (AvgIpc) is 2.61. The molecule has 0 spiro atoms. The molecule has 1 atom stereocenters. The third kappa shape index (κ3) is 2.42. The Morgan fingerprint density at radius 1 is 1.47 bits per heavy atom. The molecule has 1 aromatic carbocycles. The Kier molecular flexibility index (Phi) is 3.33. The zero-order valence-corrected chi connectivity index (χ0v) is 10.4. The summed E-state index contributed by atoms with van der Waals surface area (Å²) in [5, 5.41) is 6.14. The van der Waals surface area contributed by atoms with Crippen LogP contribution in [0.5, 0.6) is 5.75 Å². The number of anilines is 1. The van der Waals surface area contributed by atoms with Gasteiger partial charge in [0.25, 0.3) is 0 Å². The first-order valence-corrected chi connectivity index (χ1v) is 5.84. The first kappa shape index (κ1) is 11.9. The van der Waals surface area contributed by atoms with Gasteiger partial charge in [0, 0.05) is 11.3 Å². The highest BCUT2D eigenvalue weighted by molar-refractivity contribution is 6.02. The van der Waals surface area contributed by atoms with Gasteiger partial charge in [-0.05, 0) is 30.7 Å². The molecule has 92 valence electrons. The molecule has 2 N–H and O–H groups in total. The molecule has 0 radical (unpaired) electrons. The van der Waals surface area contributed by atoms with E-state index < -0.39 is 0 Å². The number of hydrogen-bond donors (Lipinski definition) is 2. The van der Waals surface area contributed by atoms with Crippen LogP contribution in [0.4, 0.5) is 5.69 Å². The maximum atomic E-state index is 11.8. The Morgan fingerprint density at radius 3 is 2.88 bits per heavy atom. The lowest BCUT2D eigenvalue weighted by Gasteiger charge is -2.13. The summed E-state index contributed by atoms with van der Waals surface area (Å²) in [5.41, 5.74) is 1.84. The summed E-state index contributed by atoms with van der Waals surface area (Å²) in [4.78, 5) is 11.8. The maximum absolute atomic E-state index is 11.8. The van der Waals surface area contributed by atoms with E-state index in [1.54, 1.807) is 7.11 Å². The van der Waals surface area contributed by atoms with E-state index in [1.165, 1.54) is 0 Å². The Bertz CT molecular complexity index is 429. The second-order valence-corrected chi connectivity index (χ2v) is 4.68. The van der Waals surface area contributed by atoms with E-state index >= 15 is 0 Å². The van der Waals surface area contributed by atoms with Gasteiger partial charge in [-0.3, -0.25) is 4.79 Å². The molecule has 1 amide bonds. The summed E-state index contributed by atoms with van der Waals surface area (Å²) in [6, 6.07) is 5.38. The second-order valence-electron chi connectivity index (χ2n) is 4.68. The molecule has 4 nitrogen and oxygen atoms in total. The topological polar surface area (TPSA) is 50.4 Å². The Morgan fingerprint density at radius 2 is 2.24 bits per heavy atom. The van der Waals surface area contributed by atoms with Crippen LogP contribution in [0.2, 0.25) is 0 Å². The molecule has 0 saturated carbocycles. The first-order chi connectivity index (χ1) is 8.11. The third-order valence-electron chi connectivity index (χ3n) is 2.82. The summed E-state index contributed by atoms with van der Waals surface area (Å²) in [6.07, 6.45) is 0. The van der Waals surface area contributed by atoms with Gasteiger partial charge in [-0.2, -0.15) is 0 Å². The maximum Gasteiger partial charge on any atom is 0.246 e. The zero-order valence-electron chi connectivity index (χ0n) is 10.4. The van der Waals surface area contributed by atoms with E-state index in [-0.39, 0.29) is 11.9 Å². The summed E-state index contributed by atoms with van der Waals surface area (Å²) in [6.45, 7) is 5.05. The van der Waals surface area contributed by atoms with Crippen LogP contribution in [-0.2, 0) is 4.79 Å². The van der Waals surface area contributed by atoms with Gasteiger partial charge < -0.3 is 15.4 Å². The van der Waals surface area contributed by atoms with Crippen molar-refractivity contribution >= 4 is 11.6 Å². The highest BCUT2D eigenvalue weighted by Crippen LogP contribution is 2.33. The molecule has 1 aromatic rings. The van der Waals surface area contributed by atoms with Crippen molar-refractivity contribution in [2.45, 2.75) is 19.9 Å². The molecule has 0 aliphatic carbocycles. The van der Waals surface area contributed by atoms with Crippen molar-refractivity contribution in [2.75, 3.05) is 19.0 Å². The predicted molar refractivity (Wildman–Crippen MR) is 67.2 cm³/mol. The number of carbonyl (C=O) groups is 1. The van der Waals surface area contributed by atoms with Gasteiger partial charge in [-0.1, -0.05) is 13.8 Å². The minimum atomic E-state index is -0.262. The van der Waals surface area contributed by atoms with Crippen molar-refractivity contribution in [3.05, 3.63) is 23.8 Å². The molecule has 1 aliphatic rings.